The number of Topliss-reactive ketones (excluding diaryl/α,β-unsaturated/α-hetero) is 1. The highest BCUT2D eigenvalue weighted by molar-refractivity contribution is 6.03. The van der Waals surface area contributed by atoms with Crippen LogP contribution in [0.5, 0.6) is 11.5 Å². The number of nitrogens with one attached hydrogen (secondary N) is 1. The second kappa shape index (κ2) is 12.1. The van der Waals surface area contributed by atoms with Crippen molar-refractivity contribution in [1.82, 2.24) is 10.2 Å². The number of likely N-dealkylation sites (tertiary alicyclic amines) is 1. The maximum Gasteiger partial charge on any atom is 0.172 e. The van der Waals surface area contributed by atoms with Crippen molar-refractivity contribution in [3.8, 4) is 11.5 Å². The largest absolute Gasteiger partial charge is 0.508 e. The van der Waals surface area contributed by atoms with Gasteiger partial charge in [0.15, 0.2) is 5.78 Å². The van der Waals surface area contributed by atoms with Crippen LogP contribution < -0.4 is 5.32 Å². The maximum absolute atomic E-state index is 14.2. The number of piperidine rings is 1. The Morgan fingerprint density at radius 1 is 1.05 bits per heavy atom. The fraction of sp³-hybridized carbons (Fsp3) is 0.571. The van der Waals surface area contributed by atoms with Gasteiger partial charge in [0.05, 0.1) is 12.0 Å². The smallest absolute Gasteiger partial charge is 0.172 e. The number of hydrogen-bond donors (Lipinski definition) is 4. The minimum atomic E-state index is -0.976. The van der Waals surface area contributed by atoms with E-state index in [0.717, 1.165) is 75.6 Å². The van der Waals surface area contributed by atoms with E-state index in [0.29, 0.717) is 47.4 Å². The molecule has 1 aliphatic heterocycles. The molecule has 7 heteroatoms. The highest BCUT2D eigenvalue weighted by Gasteiger charge is 2.51. The molecule has 6 rings (SSSR count). The molecule has 1 heterocycles. The second-order valence-electron chi connectivity index (χ2n) is 13.3. The van der Waals surface area contributed by atoms with Gasteiger partial charge in [0.2, 0.25) is 0 Å². The monoisotopic (exact) mass is 576 g/mol. The SMILES string of the molecule is C=C(c1ccc(C2CCC(C3CCN(Cc4ccc(O)cc4F)CC3)C(CC)C2)c(O)c1)C1C(=O)C(O)C1NC1CC1. The molecule has 3 aliphatic carbocycles. The highest BCUT2D eigenvalue weighted by atomic mass is 19.1. The summed E-state index contributed by atoms with van der Waals surface area (Å²) >= 11 is 0. The zero-order chi connectivity index (χ0) is 29.5. The van der Waals surface area contributed by atoms with Crippen LogP contribution in [0.3, 0.4) is 0 Å². The lowest BCUT2D eigenvalue weighted by atomic mass is 9.64. The first-order chi connectivity index (χ1) is 20.2. The Labute approximate surface area is 248 Å². The number of ketones is 1. The molecule has 0 aromatic heterocycles. The summed E-state index contributed by atoms with van der Waals surface area (Å²) in [5.74, 6) is 1.52. The third kappa shape index (κ3) is 5.88. The van der Waals surface area contributed by atoms with Crippen LogP contribution in [0.4, 0.5) is 4.39 Å². The third-order valence-electron chi connectivity index (χ3n) is 10.8. The molecule has 42 heavy (non-hydrogen) atoms. The molecule has 2 aromatic rings. The van der Waals surface area contributed by atoms with Crippen LogP contribution in [0.1, 0.15) is 80.9 Å². The van der Waals surface area contributed by atoms with Gasteiger partial charge in [-0.3, -0.25) is 9.69 Å². The van der Waals surface area contributed by atoms with Gasteiger partial charge in [0, 0.05) is 24.2 Å². The van der Waals surface area contributed by atoms with Crippen molar-refractivity contribution in [3.63, 3.8) is 0 Å². The highest BCUT2D eigenvalue weighted by Crippen LogP contribution is 2.48. The van der Waals surface area contributed by atoms with Crippen molar-refractivity contribution in [1.29, 1.82) is 0 Å². The number of carbonyl (C=O) groups is 1. The Kier molecular flexibility index (Phi) is 8.45. The zero-order valence-corrected chi connectivity index (χ0v) is 24.6. The summed E-state index contributed by atoms with van der Waals surface area (Å²) in [6.45, 7) is 8.99. The van der Waals surface area contributed by atoms with E-state index >= 15 is 0 Å². The summed E-state index contributed by atoms with van der Waals surface area (Å²) in [4.78, 5) is 14.8. The number of nitrogens with zero attached hydrogens (tertiary/aromatic N) is 1. The quantitative estimate of drug-likeness (QED) is 0.304. The Hall–Kier alpha value is -2.74. The zero-order valence-electron chi connectivity index (χ0n) is 24.6. The van der Waals surface area contributed by atoms with Gasteiger partial charge in [0.25, 0.3) is 0 Å². The fourth-order valence-electron chi connectivity index (χ4n) is 8.07. The van der Waals surface area contributed by atoms with E-state index in [1.807, 2.05) is 12.1 Å². The van der Waals surface area contributed by atoms with Gasteiger partial charge in [-0.05, 0) is 111 Å². The number of rotatable bonds is 9. The van der Waals surface area contributed by atoms with Gasteiger partial charge in [-0.25, -0.2) is 4.39 Å². The number of aliphatic hydroxyl groups excluding tert-OH is 1. The van der Waals surface area contributed by atoms with Crippen molar-refractivity contribution in [2.45, 2.75) is 88.9 Å². The standard InChI is InChI=1S/C35H45FN2O4/c1-3-21-16-24(6-10-28(21)22-12-14-38(15-13-22)19-25-4-9-27(39)18-30(25)36)29-11-5-23(17-31(29)40)20(2)32-33(35(42)34(32)41)37-26-7-8-26/h4-5,9,11,17-18,21-22,24,26,28,32-33,35,37,39-40,42H,2-3,6-8,10,12-16,19H2,1H3. The molecule has 2 aromatic carbocycles. The van der Waals surface area contributed by atoms with E-state index in [2.05, 4.69) is 23.7 Å². The Morgan fingerprint density at radius 2 is 1.81 bits per heavy atom. The molecule has 4 fully saturated rings. The Morgan fingerprint density at radius 3 is 2.48 bits per heavy atom. The van der Waals surface area contributed by atoms with Crippen LogP contribution >= 0.6 is 0 Å². The molecule has 0 bridgehead atoms. The van der Waals surface area contributed by atoms with E-state index in [9.17, 15) is 24.5 Å². The fourth-order valence-corrected chi connectivity index (χ4v) is 8.07. The predicted molar refractivity (Wildman–Crippen MR) is 162 cm³/mol. The van der Waals surface area contributed by atoms with Crippen LogP contribution in [0.2, 0.25) is 0 Å². The second-order valence-corrected chi connectivity index (χ2v) is 13.3. The molecule has 0 spiro atoms. The van der Waals surface area contributed by atoms with E-state index in [1.54, 1.807) is 18.2 Å². The average Bonchev–Trinajstić information content (AvgIpc) is 3.82. The molecular weight excluding hydrogens is 531 g/mol. The van der Waals surface area contributed by atoms with E-state index in [4.69, 9.17) is 0 Å². The van der Waals surface area contributed by atoms with Gasteiger partial charge in [0.1, 0.15) is 23.4 Å². The van der Waals surface area contributed by atoms with Crippen molar-refractivity contribution >= 4 is 11.4 Å². The number of phenolic OH excluding ortho intramolecular Hbond substituents is 2. The molecule has 3 saturated carbocycles. The summed E-state index contributed by atoms with van der Waals surface area (Å²) in [7, 11) is 0. The van der Waals surface area contributed by atoms with Gasteiger partial charge in [-0.2, -0.15) is 0 Å². The molecule has 6 unspecified atom stereocenters. The Balaban J connectivity index is 1.05. The van der Waals surface area contributed by atoms with Crippen LogP contribution in [0.25, 0.3) is 5.57 Å². The summed E-state index contributed by atoms with van der Waals surface area (Å²) < 4.78 is 14.2. The van der Waals surface area contributed by atoms with E-state index in [-0.39, 0.29) is 29.1 Å². The van der Waals surface area contributed by atoms with Crippen LogP contribution in [0.15, 0.2) is 43.0 Å². The first-order valence-corrected chi connectivity index (χ1v) is 15.9. The van der Waals surface area contributed by atoms with Crippen LogP contribution in [-0.2, 0) is 11.3 Å². The molecule has 226 valence electrons. The number of carbonyl (C=O) groups excluding carboxylic acids is 1. The number of benzene rings is 2. The lowest BCUT2D eigenvalue weighted by molar-refractivity contribution is -0.143. The van der Waals surface area contributed by atoms with Crippen molar-refractivity contribution < 1.29 is 24.5 Å². The predicted octanol–water partition coefficient (Wildman–Crippen LogP) is 5.75. The molecular formula is C35H45FN2O4. The van der Waals surface area contributed by atoms with Crippen molar-refractivity contribution in [2.24, 2.45) is 23.7 Å². The number of halogens is 1. The van der Waals surface area contributed by atoms with E-state index in [1.165, 1.54) is 6.07 Å². The van der Waals surface area contributed by atoms with Gasteiger partial charge in [-0.1, -0.05) is 38.1 Å². The number of aromatic hydroxyl groups is 2. The summed E-state index contributed by atoms with van der Waals surface area (Å²) in [5, 5.41) is 34.2. The first-order valence-electron chi connectivity index (χ1n) is 15.9. The lowest BCUT2D eigenvalue weighted by Gasteiger charge is -2.44. The van der Waals surface area contributed by atoms with Crippen molar-refractivity contribution in [2.75, 3.05) is 13.1 Å². The lowest BCUT2D eigenvalue weighted by Crippen LogP contribution is -2.63. The van der Waals surface area contributed by atoms with Gasteiger partial charge in [-0.15, -0.1) is 0 Å². The van der Waals surface area contributed by atoms with Crippen LogP contribution in [0, 0.1) is 29.5 Å². The van der Waals surface area contributed by atoms with Gasteiger partial charge < -0.3 is 20.6 Å². The molecule has 0 amide bonds. The number of hydrogen-bond acceptors (Lipinski definition) is 6. The number of aliphatic hydroxyl groups is 1. The Bertz CT molecular complexity index is 1320. The summed E-state index contributed by atoms with van der Waals surface area (Å²) in [5.41, 5.74) is 3.06. The molecule has 4 aliphatic rings. The minimum absolute atomic E-state index is 0.0355. The minimum Gasteiger partial charge on any atom is -0.508 e. The number of phenols is 2. The summed E-state index contributed by atoms with van der Waals surface area (Å²) in [6.07, 6.45) is 7.81. The topological polar surface area (TPSA) is 93.0 Å². The molecule has 6 nitrogen and oxygen atoms in total. The molecule has 1 saturated heterocycles. The van der Waals surface area contributed by atoms with E-state index < -0.39 is 12.0 Å². The molecule has 0 radical (unpaired) electrons. The summed E-state index contributed by atoms with van der Waals surface area (Å²) in [6, 6.07) is 10.3. The third-order valence-corrected chi connectivity index (χ3v) is 10.8. The average molecular weight is 577 g/mol. The first kappa shape index (κ1) is 29.3. The van der Waals surface area contributed by atoms with Crippen LogP contribution in [-0.4, -0.2) is 57.3 Å². The molecule has 4 N–H and O–H groups in total. The van der Waals surface area contributed by atoms with Crippen molar-refractivity contribution in [3.05, 3.63) is 65.5 Å². The maximum atomic E-state index is 14.2. The normalized spacial score (nSPS) is 30.7. The van der Waals surface area contributed by atoms with Gasteiger partial charge >= 0.3 is 0 Å². The molecule has 6 atom stereocenters.